The number of aryl methyl sites for hydroxylation is 1. The van der Waals surface area contributed by atoms with Crippen LogP contribution in [0.1, 0.15) is 50.5 Å². The van der Waals surface area contributed by atoms with E-state index in [2.05, 4.69) is 26.0 Å². The summed E-state index contributed by atoms with van der Waals surface area (Å²) in [5.41, 5.74) is -0.222. The molecule has 0 atom stereocenters. The minimum Gasteiger partial charge on any atom is -0.393 e. The van der Waals surface area contributed by atoms with Crippen LogP contribution in [0.4, 0.5) is 10.1 Å². The number of aliphatic hydroxyl groups is 1. The van der Waals surface area contributed by atoms with Gasteiger partial charge in [-0.15, -0.1) is 0 Å². The summed E-state index contributed by atoms with van der Waals surface area (Å²) < 4.78 is 15.0. The van der Waals surface area contributed by atoms with Crippen molar-refractivity contribution in [3.63, 3.8) is 0 Å². The van der Waals surface area contributed by atoms with Gasteiger partial charge in [-0.3, -0.25) is 14.4 Å². The molecule has 0 saturated heterocycles. The Morgan fingerprint density at radius 3 is 2.71 bits per heavy atom. The molecule has 12 heteroatoms. The number of H-pyrrole nitrogens is 1. The van der Waals surface area contributed by atoms with E-state index in [-0.39, 0.29) is 40.9 Å². The number of amides is 2. The number of aromatic nitrogens is 4. The molecule has 2 amide bonds. The molecule has 1 fully saturated rings. The number of Topliss-reactive ketones (excluding diaryl/α,β-unsaturated/α-hetero) is 1. The molecule has 1 saturated carbocycles. The SMILES string of the molecule is Cc1c(C(=O)C(=O)N[C@]2(c3cn[nH]n3)C[C@H](O)C2)cn(C)c1C(=O)Nc1ccc(F)c(C#N)c1. The molecule has 3 aromatic rings. The minimum atomic E-state index is -1.01. The van der Waals surface area contributed by atoms with E-state index in [0.717, 1.165) is 6.07 Å². The van der Waals surface area contributed by atoms with E-state index < -0.39 is 35.1 Å². The first-order chi connectivity index (χ1) is 16.1. The zero-order chi connectivity index (χ0) is 24.6. The molecule has 0 radical (unpaired) electrons. The molecule has 0 unspecified atom stereocenters. The molecule has 1 aliphatic rings. The highest BCUT2D eigenvalue weighted by atomic mass is 19.1. The normalized spacial score (nSPS) is 19.1. The molecule has 0 spiro atoms. The van der Waals surface area contributed by atoms with Crippen LogP contribution in [0.15, 0.2) is 30.6 Å². The van der Waals surface area contributed by atoms with Crippen molar-refractivity contribution in [1.29, 1.82) is 5.26 Å². The Morgan fingerprint density at radius 2 is 2.09 bits per heavy atom. The third kappa shape index (κ3) is 3.93. The smallest absolute Gasteiger partial charge is 0.293 e. The lowest BCUT2D eigenvalue weighted by Crippen LogP contribution is -2.58. The van der Waals surface area contributed by atoms with Crippen LogP contribution in [0.5, 0.6) is 0 Å². The molecule has 174 valence electrons. The standard InChI is InChI=1S/C22H20FN7O4/c1-11-15(19(32)21(34)27-22(6-14(31)7-22)17-9-25-29-28-17)10-30(2)18(11)20(33)26-13-3-4-16(23)12(5-13)8-24/h3-5,9-10,14,31H,6-7H2,1-2H3,(H,26,33)(H,27,34)(H,25,28,29)/t14-,22+. The second-order valence-corrected chi connectivity index (χ2v) is 8.17. The van der Waals surface area contributed by atoms with Gasteiger partial charge in [-0.25, -0.2) is 4.39 Å². The summed E-state index contributed by atoms with van der Waals surface area (Å²) in [6, 6.07) is 5.26. The van der Waals surface area contributed by atoms with Crippen LogP contribution in [-0.2, 0) is 17.4 Å². The molecule has 2 aromatic heterocycles. The molecule has 4 N–H and O–H groups in total. The van der Waals surface area contributed by atoms with Crippen molar-refractivity contribution in [3.8, 4) is 6.07 Å². The molecule has 0 bridgehead atoms. The Balaban J connectivity index is 1.54. The van der Waals surface area contributed by atoms with Crippen LogP contribution in [0, 0.1) is 24.1 Å². The first-order valence-electron chi connectivity index (χ1n) is 10.2. The number of benzene rings is 1. The number of hydrogen-bond acceptors (Lipinski definition) is 7. The van der Waals surface area contributed by atoms with E-state index in [0.29, 0.717) is 5.69 Å². The van der Waals surface area contributed by atoms with Gasteiger partial charge in [0.2, 0.25) is 0 Å². The number of carbonyl (C=O) groups excluding carboxylic acids is 3. The van der Waals surface area contributed by atoms with Gasteiger partial charge >= 0.3 is 0 Å². The maximum absolute atomic E-state index is 13.5. The number of aliphatic hydroxyl groups excluding tert-OH is 1. The minimum absolute atomic E-state index is 0.0251. The van der Waals surface area contributed by atoms with Crippen molar-refractivity contribution in [3.05, 3.63) is 64.5 Å². The second kappa shape index (κ2) is 8.53. The van der Waals surface area contributed by atoms with E-state index in [1.165, 1.54) is 36.0 Å². The van der Waals surface area contributed by atoms with Gasteiger partial charge in [-0.2, -0.15) is 20.7 Å². The van der Waals surface area contributed by atoms with E-state index in [1.807, 2.05) is 0 Å². The summed E-state index contributed by atoms with van der Waals surface area (Å²) >= 11 is 0. The highest BCUT2D eigenvalue weighted by Gasteiger charge is 2.49. The largest absolute Gasteiger partial charge is 0.393 e. The molecule has 4 rings (SSSR count). The van der Waals surface area contributed by atoms with Gasteiger partial charge < -0.3 is 20.3 Å². The fourth-order valence-electron chi connectivity index (χ4n) is 4.13. The first kappa shape index (κ1) is 22.8. The van der Waals surface area contributed by atoms with Gasteiger partial charge in [-0.05, 0) is 30.7 Å². The zero-order valence-corrected chi connectivity index (χ0v) is 18.2. The number of halogens is 1. The van der Waals surface area contributed by atoms with Gasteiger partial charge in [0.05, 0.1) is 23.4 Å². The lowest BCUT2D eigenvalue weighted by atomic mass is 9.72. The number of anilines is 1. The summed E-state index contributed by atoms with van der Waals surface area (Å²) in [7, 11) is 1.54. The average Bonchev–Trinajstić information content (AvgIpc) is 3.41. The maximum atomic E-state index is 13.5. The fourth-order valence-corrected chi connectivity index (χ4v) is 4.13. The highest BCUT2D eigenvalue weighted by molar-refractivity contribution is 6.43. The molecule has 1 aromatic carbocycles. The zero-order valence-electron chi connectivity index (χ0n) is 18.2. The number of ketones is 1. The van der Waals surface area contributed by atoms with E-state index in [1.54, 1.807) is 13.1 Å². The van der Waals surface area contributed by atoms with Crippen LogP contribution >= 0.6 is 0 Å². The second-order valence-electron chi connectivity index (χ2n) is 8.17. The number of hydrogen-bond donors (Lipinski definition) is 4. The predicted octanol–water partition coefficient (Wildman–Crippen LogP) is 1.06. The van der Waals surface area contributed by atoms with Crippen LogP contribution < -0.4 is 10.6 Å². The third-order valence-electron chi connectivity index (χ3n) is 5.87. The number of aromatic amines is 1. The van der Waals surface area contributed by atoms with Crippen molar-refractivity contribution < 1.29 is 23.9 Å². The average molecular weight is 465 g/mol. The summed E-state index contributed by atoms with van der Waals surface area (Å²) in [4.78, 5) is 38.6. The molecule has 0 aliphatic heterocycles. The Labute approximate surface area is 192 Å². The van der Waals surface area contributed by atoms with Gasteiger partial charge in [0.25, 0.3) is 17.6 Å². The van der Waals surface area contributed by atoms with E-state index >= 15 is 0 Å². The number of nitriles is 1. The lowest BCUT2D eigenvalue weighted by Gasteiger charge is -2.44. The molecule has 34 heavy (non-hydrogen) atoms. The Hall–Kier alpha value is -4.37. The van der Waals surface area contributed by atoms with Crippen molar-refractivity contribution in [1.82, 2.24) is 25.3 Å². The van der Waals surface area contributed by atoms with E-state index in [9.17, 15) is 23.9 Å². The summed E-state index contributed by atoms with van der Waals surface area (Å²) in [5, 5.41) is 34.1. The molecular formula is C22H20FN7O4. The maximum Gasteiger partial charge on any atom is 0.293 e. The topological polar surface area (TPSA) is 166 Å². The number of carbonyl (C=O) groups is 3. The van der Waals surface area contributed by atoms with Crippen molar-refractivity contribution >= 4 is 23.3 Å². The van der Waals surface area contributed by atoms with Crippen LogP contribution in [-0.4, -0.2) is 48.8 Å². The Morgan fingerprint density at radius 1 is 1.35 bits per heavy atom. The van der Waals surface area contributed by atoms with Gasteiger partial charge in [0.15, 0.2) is 0 Å². The van der Waals surface area contributed by atoms with Gasteiger partial charge in [-0.1, -0.05) is 0 Å². The summed E-state index contributed by atoms with van der Waals surface area (Å²) in [5.74, 6) is -3.08. The monoisotopic (exact) mass is 465 g/mol. The van der Waals surface area contributed by atoms with Crippen LogP contribution in [0.25, 0.3) is 0 Å². The fraction of sp³-hybridized carbons (Fsp3) is 0.273. The Kier molecular flexibility index (Phi) is 5.72. The van der Waals surface area contributed by atoms with Crippen molar-refractivity contribution in [2.24, 2.45) is 7.05 Å². The number of nitrogens with one attached hydrogen (secondary N) is 3. The first-order valence-corrected chi connectivity index (χ1v) is 10.2. The van der Waals surface area contributed by atoms with Crippen molar-refractivity contribution in [2.45, 2.75) is 31.4 Å². The summed E-state index contributed by atoms with van der Waals surface area (Å²) in [6.07, 6.45) is 2.51. The molecular weight excluding hydrogens is 445 g/mol. The van der Waals surface area contributed by atoms with Crippen LogP contribution in [0.3, 0.4) is 0 Å². The van der Waals surface area contributed by atoms with E-state index in [4.69, 9.17) is 5.26 Å². The molecule has 11 nitrogen and oxygen atoms in total. The van der Waals surface area contributed by atoms with Crippen molar-refractivity contribution in [2.75, 3.05) is 5.32 Å². The summed E-state index contributed by atoms with van der Waals surface area (Å²) in [6.45, 7) is 1.53. The third-order valence-corrected chi connectivity index (χ3v) is 5.87. The highest BCUT2D eigenvalue weighted by Crippen LogP contribution is 2.40. The predicted molar refractivity (Wildman–Crippen MR) is 115 cm³/mol. The number of rotatable bonds is 6. The van der Waals surface area contributed by atoms with Gasteiger partial charge in [0.1, 0.15) is 23.3 Å². The molecule has 1 aliphatic carbocycles. The van der Waals surface area contributed by atoms with Crippen LogP contribution in [0.2, 0.25) is 0 Å². The Bertz CT molecular complexity index is 1330. The lowest BCUT2D eigenvalue weighted by molar-refractivity contribution is -0.122. The van der Waals surface area contributed by atoms with Gasteiger partial charge in [0, 0.05) is 37.3 Å². The quantitative estimate of drug-likeness (QED) is 0.312. The number of nitrogens with zero attached hydrogens (tertiary/aromatic N) is 4. The molecule has 2 heterocycles.